The molecular formula is C22H24ClN3O3. The Morgan fingerprint density at radius 1 is 1.10 bits per heavy atom. The van der Waals surface area contributed by atoms with Crippen molar-refractivity contribution in [3.05, 3.63) is 47.0 Å². The predicted molar refractivity (Wildman–Crippen MR) is 115 cm³/mol. The van der Waals surface area contributed by atoms with E-state index in [1.807, 2.05) is 18.2 Å². The third-order valence-electron chi connectivity index (χ3n) is 5.27. The van der Waals surface area contributed by atoms with Crippen LogP contribution in [0.5, 0.6) is 5.75 Å². The van der Waals surface area contributed by atoms with E-state index >= 15 is 0 Å². The minimum atomic E-state index is -0.252. The summed E-state index contributed by atoms with van der Waals surface area (Å²) in [5.41, 5.74) is 3.49. The van der Waals surface area contributed by atoms with Gasteiger partial charge in [0.1, 0.15) is 5.75 Å². The van der Waals surface area contributed by atoms with Crippen molar-refractivity contribution in [1.82, 2.24) is 0 Å². The quantitative estimate of drug-likeness (QED) is 0.769. The normalized spacial score (nSPS) is 16.0. The fraction of sp³-hybridized carbons (Fsp3) is 0.364. The van der Waals surface area contributed by atoms with Gasteiger partial charge in [0.2, 0.25) is 5.91 Å². The molecule has 0 bridgehead atoms. The molecule has 2 amide bonds. The summed E-state index contributed by atoms with van der Waals surface area (Å²) < 4.78 is 5.62. The number of fused-ring (bicyclic) bond motifs is 1. The Bertz CT molecular complexity index is 926. The van der Waals surface area contributed by atoms with E-state index in [1.54, 1.807) is 18.2 Å². The maximum absolute atomic E-state index is 12.3. The van der Waals surface area contributed by atoms with E-state index in [4.69, 9.17) is 16.3 Å². The monoisotopic (exact) mass is 413 g/mol. The van der Waals surface area contributed by atoms with Crippen LogP contribution >= 0.6 is 11.6 Å². The summed E-state index contributed by atoms with van der Waals surface area (Å²) in [4.78, 5) is 26.0. The second-order valence-corrected chi connectivity index (χ2v) is 7.83. The van der Waals surface area contributed by atoms with Gasteiger partial charge in [-0.25, -0.2) is 0 Å². The SMILES string of the molecule is O=C(COc1ccc2c(c1)CCC(=O)N2)Nc1ccc(N2CCCCC2)c(Cl)c1. The van der Waals surface area contributed by atoms with Gasteiger partial charge in [0.05, 0.1) is 10.7 Å². The number of ether oxygens (including phenoxy) is 1. The van der Waals surface area contributed by atoms with Gasteiger partial charge in [-0.1, -0.05) is 11.6 Å². The molecule has 152 valence electrons. The number of piperidine rings is 1. The van der Waals surface area contributed by atoms with Gasteiger partial charge in [-0.15, -0.1) is 0 Å². The largest absolute Gasteiger partial charge is 0.484 e. The highest BCUT2D eigenvalue weighted by molar-refractivity contribution is 6.33. The summed E-state index contributed by atoms with van der Waals surface area (Å²) in [6.07, 6.45) is 4.76. The van der Waals surface area contributed by atoms with E-state index < -0.39 is 0 Å². The van der Waals surface area contributed by atoms with Gasteiger partial charge in [-0.2, -0.15) is 0 Å². The number of halogens is 1. The Balaban J connectivity index is 1.33. The highest BCUT2D eigenvalue weighted by Gasteiger charge is 2.16. The number of hydrogen-bond donors (Lipinski definition) is 2. The first-order valence-corrected chi connectivity index (χ1v) is 10.4. The van der Waals surface area contributed by atoms with Gasteiger partial charge >= 0.3 is 0 Å². The van der Waals surface area contributed by atoms with E-state index in [0.717, 1.165) is 30.0 Å². The zero-order valence-electron chi connectivity index (χ0n) is 16.2. The summed E-state index contributed by atoms with van der Waals surface area (Å²) in [5, 5.41) is 6.30. The molecule has 1 saturated heterocycles. The van der Waals surface area contributed by atoms with Crippen molar-refractivity contribution in [2.75, 3.05) is 35.2 Å². The van der Waals surface area contributed by atoms with Gasteiger partial charge in [0.15, 0.2) is 6.61 Å². The number of nitrogens with zero attached hydrogens (tertiary/aromatic N) is 1. The molecule has 0 spiro atoms. The van der Waals surface area contributed by atoms with Crippen LogP contribution in [-0.4, -0.2) is 31.5 Å². The summed E-state index contributed by atoms with van der Waals surface area (Å²) >= 11 is 6.44. The van der Waals surface area contributed by atoms with Crippen LogP contribution in [0, 0.1) is 0 Å². The first-order chi connectivity index (χ1) is 14.1. The molecule has 2 heterocycles. The topological polar surface area (TPSA) is 70.7 Å². The molecule has 7 heteroatoms. The van der Waals surface area contributed by atoms with Crippen LogP contribution in [0.15, 0.2) is 36.4 Å². The van der Waals surface area contributed by atoms with Gasteiger partial charge in [0, 0.05) is 30.9 Å². The molecule has 29 heavy (non-hydrogen) atoms. The van der Waals surface area contributed by atoms with Crippen LogP contribution in [-0.2, 0) is 16.0 Å². The second kappa shape index (κ2) is 8.74. The van der Waals surface area contributed by atoms with Crippen LogP contribution in [0.25, 0.3) is 0 Å². The molecule has 0 atom stereocenters. The maximum atomic E-state index is 12.3. The Morgan fingerprint density at radius 2 is 1.93 bits per heavy atom. The average Bonchev–Trinajstić information content (AvgIpc) is 2.73. The Kier molecular flexibility index (Phi) is 5.90. The second-order valence-electron chi connectivity index (χ2n) is 7.42. The van der Waals surface area contributed by atoms with Crippen LogP contribution in [0.4, 0.5) is 17.1 Å². The lowest BCUT2D eigenvalue weighted by Gasteiger charge is -2.29. The number of amides is 2. The molecule has 2 aromatic carbocycles. The summed E-state index contributed by atoms with van der Waals surface area (Å²) in [6, 6.07) is 11.0. The van der Waals surface area contributed by atoms with Crippen LogP contribution in [0.2, 0.25) is 5.02 Å². The van der Waals surface area contributed by atoms with Crippen molar-refractivity contribution < 1.29 is 14.3 Å². The highest BCUT2D eigenvalue weighted by Crippen LogP contribution is 2.31. The summed E-state index contributed by atoms with van der Waals surface area (Å²) in [5.74, 6) is 0.377. The van der Waals surface area contributed by atoms with Gasteiger partial charge < -0.3 is 20.3 Å². The smallest absolute Gasteiger partial charge is 0.262 e. The van der Waals surface area contributed by atoms with Crippen LogP contribution < -0.4 is 20.3 Å². The molecule has 6 nitrogen and oxygen atoms in total. The Labute approximate surface area is 175 Å². The molecule has 2 N–H and O–H groups in total. The Morgan fingerprint density at radius 3 is 2.72 bits per heavy atom. The highest BCUT2D eigenvalue weighted by atomic mass is 35.5. The van der Waals surface area contributed by atoms with Crippen molar-refractivity contribution in [3.8, 4) is 5.75 Å². The predicted octanol–water partition coefficient (Wildman–Crippen LogP) is 4.23. The van der Waals surface area contributed by atoms with Crippen molar-refractivity contribution in [2.45, 2.75) is 32.1 Å². The van der Waals surface area contributed by atoms with Gasteiger partial charge in [-0.3, -0.25) is 9.59 Å². The number of carbonyl (C=O) groups excluding carboxylic acids is 2. The molecule has 0 aromatic heterocycles. The van der Waals surface area contributed by atoms with Gasteiger partial charge in [-0.05, 0) is 67.6 Å². The summed E-state index contributed by atoms with van der Waals surface area (Å²) in [7, 11) is 0. The Hall–Kier alpha value is -2.73. The van der Waals surface area contributed by atoms with Crippen molar-refractivity contribution >= 4 is 40.5 Å². The van der Waals surface area contributed by atoms with E-state index in [-0.39, 0.29) is 18.4 Å². The van der Waals surface area contributed by atoms with Crippen LogP contribution in [0.1, 0.15) is 31.2 Å². The third kappa shape index (κ3) is 4.82. The first-order valence-electron chi connectivity index (χ1n) is 9.98. The first kappa shape index (κ1) is 19.6. The number of aryl methyl sites for hydroxylation is 1. The molecule has 2 aromatic rings. The molecule has 4 rings (SSSR count). The van der Waals surface area contributed by atoms with Crippen LogP contribution in [0.3, 0.4) is 0 Å². The maximum Gasteiger partial charge on any atom is 0.262 e. The standard InChI is InChI=1S/C22H24ClN3O3/c23-18-13-16(5-8-20(18)26-10-2-1-3-11-26)24-22(28)14-29-17-6-7-19-15(12-17)4-9-21(27)25-19/h5-8,12-13H,1-4,9-11,14H2,(H,24,28)(H,25,27). The van der Waals surface area contributed by atoms with Crippen molar-refractivity contribution in [3.63, 3.8) is 0 Å². The van der Waals surface area contributed by atoms with Gasteiger partial charge in [0.25, 0.3) is 5.91 Å². The number of anilines is 3. The number of nitrogens with one attached hydrogen (secondary N) is 2. The summed E-state index contributed by atoms with van der Waals surface area (Å²) in [6.45, 7) is 1.93. The fourth-order valence-electron chi connectivity index (χ4n) is 3.77. The van der Waals surface area contributed by atoms with E-state index in [9.17, 15) is 9.59 Å². The van der Waals surface area contributed by atoms with E-state index in [1.165, 1.54) is 19.3 Å². The number of benzene rings is 2. The molecule has 1 fully saturated rings. The zero-order chi connectivity index (χ0) is 20.2. The van der Waals surface area contributed by atoms with Crippen molar-refractivity contribution in [2.24, 2.45) is 0 Å². The molecule has 2 aliphatic rings. The zero-order valence-corrected chi connectivity index (χ0v) is 16.9. The molecule has 0 radical (unpaired) electrons. The lowest BCUT2D eigenvalue weighted by Crippen LogP contribution is -2.29. The third-order valence-corrected chi connectivity index (χ3v) is 5.57. The average molecular weight is 414 g/mol. The molecular weight excluding hydrogens is 390 g/mol. The van der Waals surface area contributed by atoms with E-state index in [2.05, 4.69) is 15.5 Å². The molecule has 2 aliphatic heterocycles. The minimum Gasteiger partial charge on any atom is -0.484 e. The minimum absolute atomic E-state index is 0.0236. The lowest BCUT2D eigenvalue weighted by atomic mass is 10.0. The van der Waals surface area contributed by atoms with E-state index in [0.29, 0.717) is 29.3 Å². The molecule has 0 aliphatic carbocycles. The number of carbonyl (C=O) groups is 2. The van der Waals surface area contributed by atoms with Crippen molar-refractivity contribution in [1.29, 1.82) is 0 Å². The molecule has 0 saturated carbocycles. The fourth-order valence-corrected chi connectivity index (χ4v) is 4.07. The number of hydrogen-bond acceptors (Lipinski definition) is 4. The lowest BCUT2D eigenvalue weighted by molar-refractivity contribution is -0.118. The number of rotatable bonds is 5. The molecule has 0 unspecified atom stereocenters.